The highest BCUT2D eigenvalue weighted by molar-refractivity contribution is 6.30. The van der Waals surface area contributed by atoms with Gasteiger partial charge in [0.15, 0.2) is 0 Å². The summed E-state index contributed by atoms with van der Waals surface area (Å²) in [6, 6.07) is 8.50. The molecule has 4 heteroatoms. The Labute approximate surface area is 132 Å². The van der Waals surface area contributed by atoms with Crippen LogP contribution in [0.4, 0.5) is 0 Å². The fraction of sp³-hybridized carbons (Fsp3) is 0.647. The standard InChI is InChI=1S/C17H26ClNO2/c1-4-17(13(3)20)19-10-12(2)21-11-16(19)9-14-5-7-15(18)8-6-14/h5-8,12-13,16-17,20H,4,9-11H2,1-3H3/t12-,13+,16-,17+/m0/s1. The number of aliphatic hydroxyl groups excluding tert-OH is 1. The molecule has 1 aromatic carbocycles. The van der Waals surface area contributed by atoms with E-state index >= 15 is 0 Å². The van der Waals surface area contributed by atoms with E-state index in [1.807, 2.05) is 19.1 Å². The molecule has 0 amide bonds. The molecule has 0 unspecified atom stereocenters. The number of ether oxygens (including phenoxy) is 1. The summed E-state index contributed by atoms with van der Waals surface area (Å²) in [5.74, 6) is 0. The predicted molar refractivity (Wildman–Crippen MR) is 86.8 cm³/mol. The highest BCUT2D eigenvalue weighted by atomic mass is 35.5. The molecule has 1 fully saturated rings. The largest absolute Gasteiger partial charge is 0.392 e. The first kappa shape index (κ1) is 16.8. The lowest BCUT2D eigenvalue weighted by Gasteiger charge is -2.44. The van der Waals surface area contributed by atoms with Gasteiger partial charge in [0, 0.05) is 23.7 Å². The monoisotopic (exact) mass is 311 g/mol. The second-order valence-electron chi connectivity index (χ2n) is 6.04. The minimum Gasteiger partial charge on any atom is -0.392 e. The maximum atomic E-state index is 10.1. The summed E-state index contributed by atoms with van der Waals surface area (Å²) in [6.45, 7) is 7.71. The number of rotatable bonds is 5. The molecule has 2 rings (SSSR count). The Kier molecular flexibility index (Phi) is 6.06. The van der Waals surface area contributed by atoms with Crippen LogP contribution < -0.4 is 0 Å². The van der Waals surface area contributed by atoms with Gasteiger partial charge in [0.05, 0.1) is 18.8 Å². The van der Waals surface area contributed by atoms with Crippen LogP contribution in [-0.4, -0.2) is 47.4 Å². The van der Waals surface area contributed by atoms with Crippen molar-refractivity contribution in [2.75, 3.05) is 13.2 Å². The van der Waals surface area contributed by atoms with Crippen molar-refractivity contribution in [1.82, 2.24) is 4.90 Å². The molecule has 0 aliphatic carbocycles. The van der Waals surface area contributed by atoms with Gasteiger partial charge in [0.2, 0.25) is 0 Å². The van der Waals surface area contributed by atoms with Crippen LogP contribution in [0.15, 0.2) is 24.3 Å². The number of nitrogens with zero attached hydrogens (tertiary/aromatic N) is 1. The van der Waals surface area contributed by atoms with E-state index in [2.05, 4.69) is 30.9 Å². The summed E-state index contributed by atoms with van der Waals surface area (Å²) in [4.78, 5) is 2.42. The first-order chi connectivity index (χ1) is 10.0. The van der Waals surface area contributed by atoms with Crippen molar-refractivity contribution in [3.05, 3.63) is 34.9 Å². The van der Waals surface area contributed by atoms with Crippen molar-refractivity contribution in [1.29, 1.82) is 0 Å². The molecule has 1 aliphatic heterocycles. The number of benzene rings is 1. The molecular weight excluding hydrogens is 286 g/mol. The van der Waals surface area contributed by atoms with E-state index in [9.17, 15) is 5.11 Å². The van der Waals surface area contributed by atoms with Crippen LogP contribution in [0.5, 0.6) is 0 Å². The molecular formula is C17H26ClNO2. The Bertz CT molecular complexity index is 435. The number of hydrogen-bond donors (Lipinski definition) is 1. The molecule has 4 atom stereocenters. The first-order valence-corrected chi connectivity index (χ1v) is 8.19. The fourth-order valence-corrected chi connectivity index (χ4v) is 3.32. The first-order valence-electron chi connectivity index (χ1n) is 7.81. The minimum absolute atomic E-state index is 0.189. The Morgan fingerprint density at radius 2 is 2.05 bits per heavy atom. The molecule has 1 N–H and O–H groups in total. The van der Waals surface area contributed by atoms with Crippen LogP contribution in [-0.2, 0) is 11.2 Å². The zero-order valence-corrected chi connectivity index (χ0v) is 13.9. The number of hydrogen-bond acceptors (Lipinski definition) is 3. The molecule has 0 radical (unpaired) electrons. The molecule has 3 nitrogen and oxygen atoms in total. The van der Waals surface area contributed by atoms with E-state index < -0.39 is 0 Å². The fourth-order valence-electron chi connectivity index (χ4n) is 3.20. The van der Waals surface area contributed by atoms with Crippen LogP contribution in [0, 0.1) is 0 Å². The number of aliphatic hydroxyl groups is 1. The summed E-state index contributed by atoms with van der Waals surface area (Å²) in [7, 11) is 0. The molecule has 0 bridgehead atoms. The van der Waals surface area contributed by atoms with Crippen LogP contribution in [0.1, 0.15) is 32.8 Å². The summed E-state index contributed by atoms with van der Waals surface area (Å²) in [6.07, 6.45) is 1.77. The molecule has 118 valence electrons. The van der Waals surface area contributed by atoms with Gasteiger partial charge in [-0.3, -0.25) is 4.90 Å². The van der Waals surface area contributed by atoms with Crippen molar-refractivity contribution >= 4 is 11.6 Å². The Balaban J connectivity index is 2.12. The van der Waals surface area contributed by atoms with E-state index in [-0.39, 0.29) is 18.2 Å². The zero-order valence-electron chi connectivity index (χ0n) is 13.1. The van der Waals surface area contributed by atoms with Crippen molar-refractivity contribution in [2.45, 2.75) is 57.9 Å². The Morgan fingerprint density at radius 3 is 2.62 bits per heavy atom. The third-order valence-electron chi connectivity index (χ3n) is 4.30. The van der Waals surface area contributed by atoms with Crippen LogP contribution >= 0.6 is 11.6 Å². The lowest BCUT2D eigenvalue weighted by Crippen LogP contribution is -2.56. The normalized spacial score (nSPS) is 26.5. The van der Waals surface area contributed by atoms with Gasteiger partial charge in [-0.05, 0) is 44.4 Å². The van der Waals surface area contributed by atoms with Crippen LogP contribution in [0.25, 0.3) is 0 Å². The molecule has 1 saturated heterocycles. The lowest BCUT2D eigenvalue weighted by molar-refractivity contribution is -0.0900. The molecule has 0 spiro atoms. The van der Waals surface area contributed by atoms with Gasteiger partial charge in [-0.25, -0.2) is 0 Å². The van der Waals surface area contributed by atoms with Crippen molar-refractivity contribution in [3.63, 3.8) is 0 Å². The Morgan fingerprint density at radius 1 is 1.38 bits per heavy atom. The number of halogens is 1. The number of morpholine rings is 1. The highest BCUT2D eigenvalue weighted by Crippen LogP contribution is 2.22. The van der Waals surface area contributed by atoms with Crippen LogP contribution in [0.2, 0.25) is 5.02 Å². The van der Waals surface area contributed by atoms with E-state index in [1.54, 1.807) is 0 Å². The van der Waals surface area contributed by atoms with Gasteiger partial charge >= 0.3 is 0 Å². The maximum Gasteiger partial charge on any atom is 0.0674 e. The third kappa shape index (κ3) is 4.43. The maximum absolute atomic E-state index is 10.1. The van der Waals surface area contributed by atoms with Gasteiger partial charge in [-0.15, -0.1) is 0 Å². The second-order valence-corrected chi connectivity index (χ2v) is 6.48. The highest BCUT2D eigenvalue weighted by Gasteiger charge is 2.33. The zero-order chi connectivity index (χ0) is 15.4. The summed E-state index contributed by atoms with van der Waals surface area (Å²) < 4.78 is 5.84. The van der Waals surface area contributed by atoms with Gasteiger partial charge in [-0.2, -0.15) is 0 Å². The van der Waals surface area contributed by atoms with Crippen molar-refractivity contribution < 1.29 is 9.84 Å². The van der Waals surface area contributed by atoms with Gasteiger partial charge in [0.25, 0.3) is 0 Å². The van der Waals surface area contributed by atoms with Gasteiger partial charge in [-0.1, -0.05) is 30.7 Å². The van der Waals surface area contributed by atoms with Gasteiger partial charge < -0.3 is 9.84 Å². The molecule has 1 aliphatic rings. The topological polar surface area (TPSA) is 32.7 Å². The molecule has 21 heavy (non-hydrogen) atoms. The van der Waals surface area contributed by atoms with E-state index in [4.69, 9.17) is 16.3 Å². The quantitative estimate of drug-likeness (QED) is 0.907. The third-order valence-corrected chi connectivity index (χ3v) is 4.55. The molecule has 1 aromatic rings. The summed E-state index contributed by atoms with van der Waals surface area (Å²) >= 11 is 5.95. The smallest absolute Gasteiger partial charge is 0.0674 e. The second kappa shape index (κ2) is 7.59. The van der Waals surface area contributed by atoms with Crippen molar-refractivity contribution in [3.8, 4) is 0 Å². The summed E-state index contributed by atoms with van der Waals surface area (Å²) in [5.41, 5.74) is 1.26. The predicted octanol–water partition coefficient (Wildman–Crippen LogP) is 3.13. The van der Waals surface area contributed by atoms with Crippen molar-refractivity contribution in [2.24, 2.45) is 0 Å². The summed E-state index contributed by atoms with van der Waals surface area (Å²) in [5, 5.41) is 10.8. The molecule has 0 saturated carbocycles. The molecule has 1 heterocycles. The van der Waals surface area contributed by atoms with Crippen LogP contribution in [0.3, 0.4) is 0 Å². The average Bonchev–Trinajstić information content (AvgIpc) is 2.44. The van der Waals surface area contributed by atoms with Gasteiger partial charge in [0.1, 0.15) is 0 Å². The van der Waals surface area contributed by atoms with E-state index in [0.29, 0.717) is 12.6 Å². The van der Waals surface area contributed by atoms with E-state index in [1.165, 1.54) is 5.56 Å². The average molecular weight is 312 g/mol. The lowest BCUT2D eigenvalue weighted by atomic mass is 9.98. The minimum atomic E-state index is -0.326. The molecule has 0 aromatic heterocycles. The SMILES string of the molecule is CC[C@H]([C@@H](C)O)N1C[C@H](C)OC[C@@H]1Cc1ccc(Cl)cc1. The Hall–Kier alpha value is -0.610. The van der Waals surface area contributed by atoms with E-state index in [0.717, 1.165) is 24.4 Å².